The van der Waals surface area contributed by atoms with Crippen molar-refractivity contribution in [3.05, 3.63) is 30.3 Å². The molecule has 2 N–H and O–H groups in total. The van der Waals surface area contributed by atoms with Crippen LogP contribution in [0.3, 0.4) is 0 Å². The Morgan fingerprint density at radius 1 is 1.47 bits per heavy atom. The Bertz CT molecular complexity index is 421. The molecule has 2 unspecified atom stereocenters. The fraction of sp³-hybridized carbons (Fsp3) is 0.533. The Labute approximate surface area is 113 Å². The van der Waals surface area contributed by atoms with Crippen molar-refractivity contribution >= 4 is 6.09 Å². The number of hydrogen-bond acceptors (Lipinski definition) is 3. The van der Waals surface area contributed by atoms with E-state index in [-0.39, 0.29) is 6.61 Å². The maximum atomic E-state index is 11.9. The Morgan fingerprint density at radius 3 is 2.84 bits per heavy atom. The number of ether oxygens (including phenoxy) is 1. The molecule has 104 valence electrons. The fourth-order valence-corrected chi connectivity index (χ4v) is 2.79. The van der Waals surface area contributed by atoms with E-state index in [0.717, 1.165) is 25.7 Å². The highest BCUT2D eigenvalue weighted by molar-refractivity contribution is 5.71. The first-order valence-corrected chi connectivity index (χ1v) is 6.79. The molecule has 1 aliphatic rings. The van der Waals surface area contributed by atoms with Gasteiger partial charge < -0.3 is 15.2 Å². The first-order valence-electron chi connectivity index (χ1n) is 6.79. The van der Waals surface area contributed by atoms with E-state index in [1.54, 1.807) is 12.1 Å². The van der Waals surface area contributed by atoms with Crippen LogP contribution in [0, 0.1) is 5.92 Å². The van der Waals surface area contributed by atoms with Crippen LogP contribution in [-0.4, -0.2) is 23.3 Å². The molecule has 0 aliphatic heterocycles. The zero-order chi connectivity index (χ0) is 13.7. The summed E-state index contributed by atoms with van der Waals surface area (Å²) < 4.78 is 5.22. The molecular weight excluding hydrogens is 242 g/mol. The standard InChI is InChI=1S/C15H21NO3/c1-12-6-5-9-15(10-12,11-17)16-14(18)19-13-7-3-2-4-8-13/h2-4,7-8,12,17H,5-6,9-11H2,1H3,(H,16,18). The molecule has 19 heavy (non-hydrogen) atoms. The molecule has 4 nitrogen and oxygen atoms in total. The second-order valence-electron chi connectivity index (χ2n) is 5.47. The molecule has 1 aromatic carbocycles. The summed E-state index contributed by atoms with van der Waals surface area (Å²) in [7, 11) is 0. The molecule has 0 bridgehead atoms. The molecule has 0 radical (unpaired) electrons. The monoisotopic (exact) mass is 263 g/mol. The second-order valence-corrected chi connectivity index (χ2v) is 5.47. The highest BCUT2D eigenvalue weighted by Crippen LogP contribution is 2.32. The lowest BCUT2D eigenvalue weighted by atomic mass is 9.77. The van der Waals surface area contributed by atoms with Crippen LogP contribution in [-0.2, 0) is 0 Å². The zero-order valence-corrected chi connectivity index (χ0v) is 11.3. The van der Waals surface area contributed by atoms with Crippen molar-refractivity contribution in [2.75, 3.05) is 6.61 Å². The Hall–Kier alpha value is -1.55. The fourth-order valence-electron chi connectivity index (χ4n) is 2.79. The summed E-state index contributed by atoms with van der Waals surface area (Å²) in [6.45, 7) is 2.11. The zero-order valence-electron chi connectivity index (χ0n) is 11.3. The van der Waals surface area contributed by atoms with Crippen molar-refractivity contribution in [2.24, 2.45) is 5.92 Å². The van der Waals surface area contributed by atoms with Gasteiger partial charge in [0.15, 0.2) is 0 Å². The lowest BCUT2D eigenvalue weighted by Gasteiger charge is -2.38. The number of nitrogens with one attached hydrogen (secondary N) is 1. The molecular formula is C15H21NO3. The maximum absolute atomic E-state index is 11.9. The first kappa shape index (κ1) is 13.9. The number of aliphatic hydroxyl groups is 1. The van der Waals surface area contributed by atoms with Gasteiger partial charge in [-0.1, -0.05) is 38.0 Å². The van der Waals surface area contributed by atoms with Gasteiger partial charge >= 0.3 is 6.09 Å². The first-order chi connectivity index (χ1) is 9.13. The van der Waals surface area contributed by atoms with E-state index in [0.29, 0.717) is 11.7 Å². The molecule has 0 aromatic heterocycles. The van der Waals surface area contributed by atoms with Gasteiger partial charge in [0, 0.05) is 0 Å². The normalized spacial score (nSPS) is 26.7. The van der Waals surface area contributed by atoms with Crippen LogP contribution in [0.15, 0.2) is 30.3 Å². The highest BCUT2D eigenvalue weighted by Gasteiger charge is 2.36. The molecule has 1 aromatic rings. The summed E-state index contributed by atoms with van der Waals surface area (Å²) >= 11 is 0. The smallest absolute Gasteiger partial charge is 0.410 e. The molecule has 0 spiro atoms. The predicted octanol–water partition coefficient (Wildman–Crippen LogP) is 2.72. The number of carbonyl (C=O) groups is 1. The predicted molar refractivity (Wildman–Crippen MR) is 73.1 cm³/mol. The molecule has 1 saturated carbocycles. The van der Waals surface area contributed by atoms with E-state index < -0.39 is 11.6 Å². The van der Waals surface area contributed by atoms with Crippen LogP contribution < -0.4 is 10.1 Å². The van der Waals surface area contributed by atoms with E-state index in [1.807, 2.05) is 18.2 Å². The van der Waals surface area contributed by atoms with Crippen LogP contribution >= 0.6 is 0 Å². The number of carbonyl (C=O) groups excluding carboxylic acids is 1. The number of amides is 1. The summed E-state index contributed by atoms with van der Waals surface area (Å²) in [5, 5.41) is 12.5. The number of benzene rings is 1. The van der Waals surface area contributed by atoms with Crippen molar-refractivity contribution in [3.63, 3.8) is 0 Å². The van der Waals surface area contributed by atoms with E-state index in [9.17, 15) is 9.90 Å². The van der Waals surface area contributed by atoms with E-state index in [1.165, 1.54) is 0 Å². The maximum Gasteiger partial charge on any atom is 0.413 e. The third kappa shape index (κ3) is 3.70. The van der Waals surface area contributed by atoms with Gasteiger partial charge in [0.25, 0.3) is 0 Å². The quantitative estimate of drug-likeness (QED) is 0.881. The molecule has 1 amide bonds. The molecule has 1 fully saturated rings. The minimum absolute atomic E-state index is 0.0404. The van der Waals surface area contributed by atoms with E-state index >= 15 is 0 Å². The van der Waals surface area contributed by atoms with Crippen molar-refractivity contribution in [1.82, 2.24) is 5.32 Å². The minimum atomic E-state index is -0.524. The lowest BCUT2D eigenvalue weighted by Crippen LogP contribution is -2.54. The largest absolute Gasteiger partial charge is 0.413 e. The Balaban J connectivity index is 1.96. The van der Waals surface area contributed by atoms with E-state index in [4.69, 9.17) is 4.74 Å². The summed E-state index contributed by atoms with van der Waals surface area (Å²) in [6, 6.07) is 8.95. The second kappa shape index (κ2) is 6.06. The molecule has 0 saturated heterocycles. The Kier molecular flexibility index (Phi) is 4.43. The van der Waals surface area contributed by atoms with Gasteiger partial charge in [0.1, 0.15) is 5.75 Å². The van der Waals surface area contributed by atoms with Crippen LogP contribution in [0.5, 0.6) is 5.75 Å². The van der Waals surface area contributed by atoms with Gasteiger partial charge in [0.05, 0.1) is 12.1 Å². The average Bonchev–Trinajstić information content (AvgIpc) is 2.39. The van der Waals surface area contributed by atoms with Gasteiger partial charge in [-0.05, 0) is 30.9 Å². The summed E-state index contributed by atoms with van der Waals surface area (Å²) in [4.78, 5) is 11.9. The molecule has 2 atom stereocenters. The molecule has 4 heteroatoms. The topological polar surface area (TPSA) is 58.6 Å². The molecule has 0 heterocycles. The van der Waals surface area contributed by atoms with Gasteiger partial charge in [-0.25, -0.2) is 4.79 Å². The SMILES string of the molecule is CC1CCCC(CO)(NC(=O)Oc2ccccc2)C1. The highest BCUT2D eigenvalue weighted by atomic mass is 16.6. The number of aliphatic hydroxyl groups excluding tert-OH is 1. The van der Waals surface area contributed by atoms with Crippen LogP contribution in [0.1, 0.15) is 32.6 Å². The van der Waals surface area contributed by atoms with Crippen LogP contribution in [0.4, 0.5) is 4.79 Å². The van der Waals surface area contributed by atoms with Crippen molar-refractivity contribution < 1.29 is 14.6 Å². The minimum Gasteiger partial charge on any atom is -0.410 e. The molecule has 1 aliphatic carbocycles. The van der Waals surface area contributed by atoms with Gasteiger partial charge in [-0.3, -0.25) is 0 Å². The van der Waals surface area contributed by atoms with Gasteiger partial charge in [-0.2, -0.15) is 0 Å². The molecule has 2 rings (SSSR count). The van der Waals surface area contributed by atoms with E-state index in [2.05, 4.69) is 12.2 Å². The average molecular weight is 263 g/mol. The van der Waals surface area contributed by atoms with Crippen LogP contribution in [0.25, 0.3) is 0 Å². The van der Waals surface area contributed by atoms with Crippen LogP contribution in [0.2, 0.25) is 0 Å². The third-order valence-corrected chi connectivity index (χ3v) is 3.72. The summed E-state index contributed by atoms with van der Waals surface area (Å²) in [5.41, 5.74) is -0.524. The lowest BCUT2D eigenvalue weighted by molar-refractivity contribution is 0.0958. The number of hydrogen-bond donors (Lipinski definition) is 2. The van der Waals surface area contributed by atoms with Gasteiger partial charge in [-0.15, -0.1) is 0 Å². The number of rotatable bonds is 3. The van der Waals surface area contributed by atoms with Crippen molar-refractivity contribution in [3.8, 4) is 5.75 Å². The van der Waals surface area contributed by atoms with Crippen molar-refractivity contribution in [2.45, 2.75) is 38.1 Å². The summed E-state index contributed by atoms with van der Waals surface area (Å²) in [6.07, 6.45) is 3.28. The Morgan fingerprint density at radius 2 is 2.21 bits per heavy atom. The third-order valence-electron chi connectivity index (χ3n) is 3.72. The van der Waals surface area contributed by atoms with Crippen molar-refractivity contribution in [1.29, 1.82) is 0 Å². The van der Waals surface area contributed by atoms with Gasteiger partial charge in [0.2, 0.25) is 0 Å². The summed E-state index contributed by atoms with van der Waals surface area (Å²) in [5.74, 6) is 1.02. The number of para-hydroxylation sites is 1.